The summed E-state index contributed by atoms with van der Waals surface area (Å²) in [5.41, 5.74) is 3.28. The van der Waals surface area contributed by atoms with Crippen molar-refractivity contribution >= 4 is 12.2 Å². The molecule has 40 heavy (non-hydrogen) atoms. The fourth-order valence-electron chi connectivity index (χ4n) is 8.05. The van der Waals surface area contributed by atoms with E-state index in [0.29, 0.717) is 36.6 Å². The van der Waals surface area contributed by atoms with Crippen molar-refractivity contribution in [3.63, 3.8) is 0 Å². The monoisotopic (exact) mass is 549 g/mol. The summed E-state index contributed by atoms with van der Waals surface area (Å²) in [6.07, 6.45) is 5.80. The number of rotatable bonds is 6. The molecule has 2 amide bonds. The summed E-state index contributed by atoms with van der Waals surface area (Å²) in [6.45, 7) is 9.95. The van der Waals surface area contributed by atoms with Crippen molar-refractivity contribution in [3.8, 4) is 0 Å². The number of likely N-dealkylation sites (tertiary alicyclic amines) is 1. The number of aryl methyl sites for hydroxylation is 1. The first-order valence-electron chi connectivity index (χ1n) is 14.8. The second kappa shape index (κ2) is 10.1. The number of fused-ring (bicyclic) bond motifs is 1. The lowest BCUT2D eigenvalue weighted by Crippen LogP contribution is -2.74. The third kappa shape index (κ3) is 4.66. The Labute approximate surface area is 237 Å². The molecule has 1 N–H and O–H groups in total. The van der Waals surface area contributed by atoms with E-state index in [-0.39, 0.29) is 18.2 Å². The van der Waals surface area contributed by atoms with E-state index < -0.39 is 5.60 Å². The van der Waals surface area contributed by atoms with Gasteiger partial charge in [-0.05, 0) is 65.4 Å². The summed E-state index contributed by atoms with van der Waals surface area (Å²) in [7, 11) is 1.45. The molecular formula is C31H43N5O4. The maximum atomic E-state index is 12.7. The number of nitrogens with one attached hydrogen (secondary N) is 1. The predicted molar refractivity (Wildman–Crippen MR) is 151 cm³/mol. The molecule has 2 aliphatic carbocycles. The number of hydrogen-bond acceptors (Lipinski definition) is 6. The van der Waals surface area contributed by atoms with Gasteiger partial charge in [0.15, 0.2) is 0 Å². The number of ether oxygens (including phenoxy) is 2. The van der Waals surface area contributed by atoms with Crippen LogP contribution in [0.5, 0.6) is 0 Å². The smallest absolute Gasteiger partial charge is 0.409 e. The highest BCUT2D eigenvalue weighted by Crippen LogP contribution is 2.67. The lowest BCUT2D eigenvalue weighted by Gasteiger charge is -2.68. The number of amides is 2. The van der Waals surface area contributed by atoms with Crippen LogP contribution in [0.15, 0.2) is 30.3 Å². The number of carbonyl (C=O) groups excluding carboxylic acids is 2. The van der Waals surface area contributed by atoms with Gasteiger partial charge in [-0.1, -0.05) is 30.3 Å². The van der Waals surface area contributed by atoms with Gasteiger partial charge in [0, 0.05) is 43.1 Å². The molecule has 2 aromatic rings. The summed E-state index contributed by atoms with van der Waals surface area (Å²) in [5.74, 6) is 1.06. The third-order valence-corrected chi connectivity index (χ3v) is 9.72. The molecule has 2 aliphatic heterocycles. The van der Waals surface area contributed by atoms with Crippen LogP contribution in [0.3, 0.4) is 0 Å². The Balaban J connectivity index is 1.16. The van der Waals surface area contributed by atoms with Crippen molar-refractivity contribution in [2.45, 2.75) is 103 Å². The minimum absolute atomic E-state index is 0.101. The van der Waals surface area contributed by atoms with Crippen LogP contribution in [0.2, 0.25) is 0 Å². The second-order valence-corrected chi connectivity index (χ2v) is 13.1. The van der Waals surface area contributed by atoms with Crippen LogP contribution in [0.25, 0.3) is 0 Å². The summed E-state index contributed by atoms with van der Waals surface area (Å²) in [5, 5.41) is 3.14. The van der Waals surface area contributed by atoms with E-state index in [2.05, 4.69) is 33.8 Å². The van der Waals surface area contributed by atoms with Crippen molar-refractivity contribution in [2.24, 2.45) is 5.41 Å². The van der Waals surface area contributed by atoms with E-state index in [1.165, 1.54) is 32.1 Å². The molecular weight excluding hydrogens is 506 g/mol. The zero-order chi connectivity index (χ0) is 28.2. The maximum Gasteiger partial charge on any atom is 0.409 e. The van der Waals surface area contributed by atoms with E-state index in [0.717, 1.165) is 42.9 Å². The number of benzene rings is 1. The standard InChI is InChI=1S/C31H43N5O4/c1-20-32-24-12-15-34(29(38)39-5)19-25(24)36(20)22-17-27-31(18-22)14-11-26(31)35(27)16-13-23(21-9-7-6-8-10-21)33-28(37)40-30(2,3)4/h6-10,22-23,26-27H,11-19H2,1-5H3,(H,33,37)/t22?,23-,26?,27?,31?/m0/s1. The fraction of sp³-hybridized carbons (Fsp3) is 0.645. The van der Waals surface area contributed by atoms with Gasteiger partial charge in [-0.3, -0.25) is 4.90 Å². The largest absolute Gasteiger partial charge is 0.453 e. The molecule has 6 rings (SSSR count). The number of nitrogens with zero attached hydrogens (tertiary/aromatic N) is 4. The zero-order valence-corrected chi connectivity index (χ0v) is 24.5. The zero-order valence-electron chi connectivity index (χ0n) is 24.5. The Morgan fingerprint density at radius 2 is 1.98 bits per heavy atom. The summed E-state index contributed by atoms with van der Waals surface area (Å²) >= 11 is 0. The van der Waals surface area contributed by atoms with E-state index in [1.807, 2.05) is 39.0 Å². The first kappa shape index (κ1) is 27.1. The number of hydrogen-bond donors (Lipinski definition) is 1. The van der Waals surface area contributed by atoms with Gasteiger partial charge in [0.2, 0.25) is 0 Å². The fourth-order valence-corrected chi connectivity index (χ4v) is 8.05. The highest BCUT2D eigenvalue weighted by Gasteiger charge is 2.69. The molecule has 4 unspecified atom stereocenters. The van der Waals surface area contributed by atoms with Crippen LogP contribution in [0.1, 0.15) is 87.7 Å². The molecule has 216 valence electrons. The Bertz CT molecular complexity index is 1270. The Kier molecular flexibility index (Phi) is 6.84. The number of alkyl carbamates (subject to hydrolysis) is 1. The molecule has 5 atom stereocenters. The van der Waals surface area contributed by atoms with Crippen molar-refractivity contribution in [2.75, 3.05) is 20.2 Å². The molecule has 3 heterocycles. The van der Waals surface area contributed by atoms with E-state index >= 15 is 0 Å². The van der Waals surface area contributed by atoms with Gasteiger partial charge in [-0.15, -0.1) is 0 Å². The van der Waals surface area contributed by atoms with E-state index in [1.54, 1.807) is 4.90 Å². The Morgan fingerprint density at radius 1 is 1.20 bits per heavy atom. The summed E-state index contributed by atoms with van der Waals surface area (Å²) < 4.78 is 13.1. The van der Waals surface area contributed by atoms with Crippen LogP contribution < -0.4 is 5.32 Å². The molecule has 1 aromatic heterocycles. The van der Waals surface area contributed by atoms with Crippen LogP contribution >= 0.6 is 0 Å². The lowest BCUT2D eigenvalue weighted by molar-refractivity contribution is -0.188. The van der Waals surface area contributed by atoms with Gasteiger partial charge in [0.25, 0.3) is 0 Å². The van der Waals surface area contributed by atoms with Gasteiger partial charge in [0.05, 0.1) is 31.1 Å². The van der Waals surface area contributed by atoms with Crippen LogP contribution in [0.4, 0.5) is 9.59 Å². The summed E-state index contributed by atoms with van der Waals surface area (Å²) in [6, 6.07) is 11.7. The molecule has 3 fully saturated rings. The molecule has 4 aliphatic rings. The topological polar surface area (TPSA) is 88.9 Å². The normalized spacial score (nSPS) is 27.9. The number of imidazole rings is 1. The first-order chi connectivity index (χ1) is 19.1. The molecule has 2 saturated carbocycles. The minimum atomic E-state index is -0.536. The van der Waals surface area contributed by atoms with Crippen LogP contribution in [0, 0.1) is 12.3 Å². The molecule has 0 radical (unpaired) electrons. The molecule has 1 saturated heterocycles. The van der Waals surface area contributed by atoms with Crippen molar-refractivity contribution in [1.29, 1.82) is 0 Å². The third-order valence-electron chi connectivity index (χ3n) is 9.72. The molecule has 9 heteroatoms. The van der Waals surface area contributed by atoms with Gasteiger partial charge in [-0.25, -0.2) is 14.6 Å². The van der Waals surface area contributed by atoms with Crippen LogP contribution in [-0.2, 0) is 22.4 Å². The highest BCUT2D eigenvalue weighted by atomic mass is 16.6. The molecule has 1 spiro atoms. The quantitative estimate of drug-likeness (QED) is 0.537. The highest BCUT2D eigenvalue weighted by molar-refractivity contribution is 5.68. The SMILES string of the molecule is COC(=O)N1CCc2nc(C)n(C3CC4N(CC[C@H](NC(=O)OC(C)(C)C)c5ccccc5)C5CCC54C3)c2C1. The number of methoxy groups -OCH3 is 1. The Hall–Kier alpha value is -3.07. The Morgan fingerprint density at radius 3 is 2.65 bits per heavy atom. The molecule has 0 bridgehead atoms. The van der Waals surface area contributed by atoms with E-state index in [4.69, 9.17) is 14.5 Å². The average molecular weight is 550 g/mol. The van der Waals surface area contributed by atoms with Crippen molar-refractivity contribution in [3.05, 3.63) is 53.1 Å². The molecule has 9 nitrogen and oxygen atoms in total. The van der Waals surface area contributed by atoms with Crippen molar-refractivity contribution in [1.82, 2.24) is 24.7 Å². The lowest BCUT2D eigenvalue weighted by atomic mass is 9.53. The van der Waals surface area contributed by atoms with E-state index in [9.17, 15) is 9.59 Å². The van der Waals surface area contributed by atoms with Gasteiger partial charge in [-0.2, -0.15) is 0 Å². The average Bonchev–Trinajstić information content (AvgIpc) is 3.45. The second-order valence-electron chi connectivity index (χ2n) is 13.1. The molecule has 1 aromatic carbocycles. The first-order valence-corrected chi connectivity index (χ1v) is 14.8. The van der Waals surface area contributed by atoms with Gasteiger partial charge in [0.1, 0.15) is 11.4 Å². The van der Waals surface area contributed by atoms with Crippen molar-refractivity contribution < 1.29 is 19.1 Å². The van der Waals surface area contributed by atoms with Crippen LogP contribution in [-0.4, -0.2) is 69.4 Å². The summed E-state index contributed by atoms with van der Waals surface area (Å²) in [4.78, 5) is 34.4. The van der Waals surface area contributed by atoms with Gasteiger partial charge < -0.3 is 24.3 Å². The number of aromatic nitrogens is 2. The maximum absolute atomic E-state index is 12.7. The number of carbonyl (C=O) groups is 2. The number of piperidine rings is 1. The predicted octanol–water partition coefficient (Wildman–Crippen LogP) is 5.14. The minimum Gasteiger partial charge on any atom is -0.453 e. The van der Waals surface area contributed by atoms with Gasteiger partial charge >= 0.3 is 12.2 Å².